The third-order valence-corrected chi connectivity index (χ3v) is 5.80. The van der Waals surface area contributed by atoms with Crippen molar-refractivity contribution in [1.29, 1.82) is 0 Å². The van der Waals surface area contributed by atoms with Crippen LogP contribution in [0.3, 0.4) is 0 Å². The quantitative estimate of drug-likeness (QED) is 0.439. The molecular formula is C27H35NO2. The highest BCUT2D eigenvalue weighted by molar-refractivity contribution is 5.68. The molecule has 0 saturated carbocycles. The molecule has 0 fully saturated rings. The molecule has 3 heteroatoms. The standard InChI is InChI=1S/C27H35NO2/c1-7-12-21(8-2)20(3)28(24-13-10-9-11-14-24)19-23-16-15-22-17-18-27(4,5)30-26(22)25(23)29-6/h9-11,13-18,21H,3,7-8,12,19H2,1-2,4-6H3. The van der Waals surface area contributed by atoms with E-state index in [-0.39, 0.29) is 5.60 Å². The Kier molecular flexibility index (Phi) is 6.91. The molecule has 2 aromatic carbocycles. The smallest absolute Gasteiger partial charge is 0.170 e. The van der Waals surface area contributed by atoms with Gasteiger partial charge in [0.05, 0.1) is 13.7 Å². The molecule has 30 heavy (non-hydrogen) atoms. The van der Waals surface area contributed by atoms with Gasteiger partial charge in [0.2, 0.25) is 0 Å². The molecule has 0 radical (unpaired) electrons. The second-order valence-corrected chi connectivity index (χ2v) is 8.52. The zero-order chi connectivity index (χ0) is 21.7. The number of para-hydroxylation sites is 1. The summed E-state index contributed by atoms with van der Waals surface area (Å²) in [6.07, 6.45) is 7.58. The average molecular weight is 406 g/mol. The lowest BCUT2D eigenvalue weighted by Crippen LogP contribution is -2.29. The first-order valence-corrected chi connectivity index (χ1v) is 11.0. The monoisotopic (exact) mass is 405 g/mol. The molecule has 0 aliphatic carbocycles. The van der Waals surface area contributed by atoms with Gasteiger partial charge in [-0.1, -0.05) is 63.3 Å². The highest BCUT2D eigenvalue weighted by Crippen LogP contribution is 2.42. The second kappa shape index (κ2) is 9.42. The van der Waals surface area contributed by atoms with E-state index >= 15 is 0 Å². The predicted molar refractivity (Wildman–Crippen MR) is 127 cm³/mol. The van der Waals surface area contributed by atoms with Crippen LogP contribution in [0.5, 0.6) is 11.5 Å². The highest BCUT2D eigenvalue weighted by Gasteiger charge is 2.27. The molecule has 2 aromatic rings. The van der Waals surface area contributed by atoms with E-state index in [9.17, 15) is 0 Å². The number of methoxy groups -OCH3 is 1. The third-order valence-electron chi connectivity index (χ3n) is 5.80. The minimum absolute atomic E-state index is 0.351. The third kappa shape index (κ3) is 4.72. The summed E-state index contributed by atoms with van der Waals surface area (Å²) in [5, 5.41) is 0. The maximum absolute atomic E-state index is 6.28. The zero-order valence-electron chi connectivity index (χ0n) is 19.1. The highest BCUT2D eigenvalue weighted by atomic mass is 16.5. The second-order valence-electron chi connectivity index (χ2n) is 8.52. The Balaban J connectivity index is 2.01. The Morgan fingerprint density at radius 3 is 2.50 bits per heavy atom. The summed E-state index contributed by atoms with van der Waals surface area (Å²) in [6, 6.07) is 14.8. The Morgan fingerprint density at radius 1 is 1.13 bits per heavy atom. The lowest BCUT2D eigenvalue weighted by Gasteiger charge is -2.33. The summed E-state index contributed by atoms with van der Waals surface area (Å²) >= 11 is 0. The number of anilines is 1. The van der Waals surface area contributed by atoms with E-state index in [0.29, 0.717) is 12.5 Å². The van der Waals surface area contributed by atoms with Gasteiger partial charge < -0.3 is 14.4 Å². The van der Waals surface area contributed by atoms with Gasteiger partial charge in [0, 0.05) is 22.5 Å². The Hall–Kier alpha value is -2.68. The average Bonchev–Trinajstić information content (AvgIpc) is 2.75. The van der Waals surface area contributed by atoms with Crippen LogP contribution < -0.4 is 14.4 Å². The summed E-state index contributed by atoms with van der Waals surface area (Å²) < 4.78 is 12.2. The first kappa shape index (κ1) is 22.0. The molecule has 1 atom stereocenters. The van der Waals surface area contributed by atoms with Crippen LogP contribution in [0.4, 0.5) is 5.69 Å². The number of allylic oxidation sites excluding steroid dienone is 1. The van der Waals surface area contributed by atoms with Crippen molar-refractivity contribution in [2.24, 2.45) is 5.92 Å². The molecule has 0 saturated heterocycles. The lowest BCUT2D eigenvalue weighted by molar-refractivity contribution is 0.152. The molecule has 0 spiro atoms. The molecule has 0 bridgehead atoms. The van der Waals surface area contributed by atoms with E-state index in [1.807, 2.05) is 0 Å². The number of benzene rings is 2. The maximum Gasteiger partial charge on any atom is 0.170 e. The van der Waals surface area contributed by atoms with Gasteiger partial charge in [-0.25, -0.2) is 0 Å². The Bertz CT molecular complexity index is 899. The summed E-state index contributed by atoms with van der Waals surface area (Å²) in [6.45, 7) is 13.8. The SMILES string of the molecule is C=C(C(CC)CCC)N(Cc1ccc2c(c1OC)OC(C)(C)C=C2)c1ccccc1. The minimum Gasteiger partial charge on any atom is -0.492 e. The van der Waals surface area contributed by atoms with Crippen molar-refractivity contribution in [2.45, 2.75) is 59.1 Å². The number of ether oxygens (including phenoxy) is 2. The first-order chi connectivity index (χ1) is 14.4. The van der Waals surface area contributed by atoms with Crippen molar-refractivity contribution >= 4 is 11.8 Å². The fourth-order valence-electron chi connectivity index (χ4n) is 4.10. The van der Waals surface area contributed by atoms with Crippen molar-refractivity contribution < 1.29 is 9.47 Å². The van der Waals surface area contributed by atoms with Gasteiger partial charge in [-0.15, -0.1) is 0 Å². The van der Waals surface area contributed by atoms with Crippen LogP contribution in [-0.4, -0.2) is 12.7 Å². The van der Waals surface area contributed by atoms with E-state index in [1.54, 1.807) is 7.11 Å². The fraction of sp³-hybridized carbons (Fsp3) is 0.407. The van der Waals surface area contributed by atoms with Crippen LogP contribution in [-0.2, 0) is 6.54 Å². The summed E-state index contributed by atoms with van der Waals surface area (Å²) in [7, 11) is 1.72. The van der Waals surface area contributed by atoms with E-state index in [1.165, 1.54) is 0 Å². The molecular weight excluding hydrogens is 370 g/mol. The van der Waals surface area contributed by atoms with Gasteiger partial charge in [0.1, 0.15) is 5.60 Å². The molecule has 0 N–H and O–H groups in total. The fourth-order valence-corrected chi connectivity index (χ4v) is 4.10. The van der Waals surface area contributed by atoms with Crippen LogP contribution in [0, 0.1) is 5.92 Å². The summed E-state index contributed by atoms with van der Waals surface area (Å²) in [4.78, 5) is 2.33. The number of hydrogen-bond donors (Lipinski definition) is 0. The van der Waals surface area contributed by atoms with Gasteiger partial charge in [0.15, 0.2) is 11.5 Å². The molecule has 0 amide bonds. The number of rotatable bonds is 9. The van der Waals surface area contributed by atoms with Gasteiger partial charge in [-0.05, 0) is 50.8 Å². The van der Waals surface area contributed by atoms with Gasteiger partial charge >= 0.3 is 0 Å². The normalized spacial score (nSPS) is 15.1. The van der Waals surface area contributed by atoms with Gasteiger partial charge in [0.25, 0.3) is 0 Å². The Morgan fingerprint density at radius 2 is 1.87 bits per heavy atom. The van der Waals surface area contributed by atoms with Crippen molar-refractivity contribution in [3.8, 4) is 11.5 Å². The lowest BCUT2D eigenvalue weighted by atomic mass is 9.95. The topological polar surface area (TPSA) is 21.7 Å². The molecule has 160 valence electrons. The predicted octanol–water partition coefficient (Wildman–Crippen LogP) is 7.23. The number of hydrogen-bond acceptors (Lipinski definition) is 3. The number of nitrogens with zero attached hydrogens (tertiary/aromatic N) is 1. The minimum atomic E-state index is -0.351. The molecule has 1 aliphatic rings. The maximum atomic E-state index is 6.28. The van der Waals surface area contributed by atoms with Crippen LogP contribution in [0.1, 0.15) is 58.1 Å². The Labute approximate surface area is 182 Å². The van der Waals surface area contributed by atoms with Crippen LogP contribution >= 0.6 is 0 Å². The first-order valence-electron chi connectivity index (χ1n) is 11.0. The molecule has 0 aromatic heterocycles. The van der Waals surface area contributed by atoms with E-state index in [2.05, 4.69) is 93.8 Å². The van der Waals surface area contributed by atoms with E-state index in [0.717, 1.165) is 53.3 Å². The molecule has 3 rings (SSSR count). The zero-order valence-corrected chi connectivity index (χ0v) is 19.1. The summed E-state index contributed by atoms with van der Waals surface area (Å²) in [5.41, 5.74) is 4.11. The van der Waals surface area contributed by atoms with Crippen LogP contribution in [0.15, 0.2) is 60.8 Å². The van der Waals surface area contributed by atoms with E-state index < -0.39 is 0 Å². The number of fused-ring (bicyclic) bond motifs is 1. The van der Waals surface area contributed by atoms with Crippen LogP contribution in [0.2, 0.25) is 0 Å². The van der Waals surface area contributed by atoms with Gasteiger partial charge in [-0.2, -0.15) is 0 Å². The van der Waals surface area contributed by atoms with Crippen molar-refractivity contribution in [3.63, 3.8) is 0 Å². The molecule has 1 unspecified atom stereocenters. The van der Waals surface area contributed by atoms with E-state index in [4.69, 9.17) is 9.47 Å². The largest absolute Gasteiger partial charge is 0.492 e. The molecule has 1 heterocycles. The molecule has 1 aliphatic heterocycles. The van der Waals surface area contributed by atoms with Gasteiger partial charge in [-0.3, -0.25) is 0 Å². The van der Waals surface area contributed by atoms with Crippen molar-refractivity contribution in [1.82, 2.24) is 0 Å². The molecule has 3 nitrogen and oxygen atoms in total. The van der Waals surface area contributed by atoms with Crippen molar-refractivity contribution in [3.05, 3.63) is 71.9 Å². The van der Waals surface area contributed by atoms with Crippen molar-refractivity contribution in [2.75, 3.05) is 12.0 Å². The summed E-state index contributed by atoms with van der Waals surface area (Å²) in [5.74, 6) is 2.08. The van der Waals surface area contributed by atoms with Crippen LogP contribution in [0.25, 0.3) is 6.08 Å².